The topological polar surface area (TPSA) is 66.4 Å². The summed E-state index contributed by atoms with van der Waals surface area (Å²) in [4.78, 5) is 0. The fourth-order valence-electron chi connectivity index (χ4n) is 1.31. The van der Waals surface area contributed by atoms with Crippen LogP contribution in [0.4, 0.5) is 0 Å². The number of hydrogen-bond donors (Lipinski definition) is 2. The van der Waals surface area contributed by atoms with Crippen molar-refractivity contribution in [3.63, 3.8) is 0 Å². The molecule has 0 aromatic carbocycles. The summed E-state index contributed by atoms with van der Waals surface area (Å²) >= 11 is 1.74. The molecule has 0 bridgehead atoms. The van der Waals surface area contributed by atoms with Gasteiger partial charge in [0.1, 0.15) is 0 Å². The van der Waals surface area contributed by atoms with Gasteiger partial charge in [0.25, 0.3) is 0 Å². The highest BCUT2D eigenvalue weighted by Crippen LogP contribution is 2.46. The van der Waals surface area contributed by atoms with Crippen molar-refractivity contribution in [3.05, 3.63) is 0 Å². The number of thioether (sulfide) groups is 1. The summed E-state index contributed by atoms with van der Waals surface area (Å²) < 4.78 is 25.8. The Morgan fingerprint density at radius 3 is 2.53 bits per heavy atom. The number of rotatable bonds is 8. The lowest BCUT2D eigenvalue weighted by atomic mass is 10.4. The Balaban J connectivity index is 2.24. The van der Waals surface area contributed by atoms with E-state index >= 15 is 0 Å². The monoisotopic (exact) mass is 253 g/mol. The van der Waals surface area contributed by atoms with Crippen LogP contribution in [0, 0.1) is 0 Å². The molecule has 0 spiro atoms. The van der Waals surface area contributed by atoms with Gasteiger partial charge in [-0.25, -0.2) is 13.1 Å². The summed E-state index contributed by atoms with van der Waals surface area (Å²) in [7, 11) is -3.13. The van der Waals surface area contributed by atoms with Crippen LogP contribution in [0.2, 0.25) is 0 Å². The van der Waals surface area contributed by atoms with E-state index in [2.05, 4.69) is 4.72 Å². The molecule has 0 aromatic heterocycles. The largest absolute Gasteiger partial charge is 0.396 e. The fourth-order valence-corrected chi connectivity index (χ4v) is 3.35. The Kier molecular flexibility index (Phi) is 4.89. The Labute approximate surface area is 95.9 Å². The normalized spacial score (nSPS) is 19.1. The quantitative estimate of drug-likeness (QED) is 0.621. The Hall–Kier alpha value is 0.220. The Morgan fingerprint density at radius 1 is 1.40 bits per heavy atom. The minimum absolute atomic E-state index is 0.0598. The highest BCUT2D eigenvalue weighted by atomic mass is 32.2. The molecule has 1 fully saturated rings. The van der Waals surface area contributed by atoms with Crippen molar-refractivity contribution in [2.75, 3.05) is 25.2 Å². The van der Waals surface area contributed by atoms with Crippen molar-refractivity contribution < 1.29 is 13.5 Å². The lowest BCUT2D eigenvalue weighted by Gasteiger charge is -2.13. The van der Waals surface area contributed by atoms with Crippen LogP contribution in [0.5, 0.6) is 0 Å². The van der Waals surface area contributed by atoms with E-state index in [1.807, 2.05) is 6.26 Å². The highest BCUT2D eigenvalue weighted by molar-refractivity contribution is 8.00. The van der Waals surface area contributed by atoms with Crippen LogP contribution < -0.4 is 4.72 Å². The van der Waals surface area contributed by atoms with E-state index in [0.29, 0.717) is 19.4 Å². The molecular weight excluding hydrogens is 234 g/mol. The van der Waals surface area contributed by atoms with E-state index in [1.165, 1.54) is 0 Å². The SMILES string of the molecule is CSC1(CNS(=O)(=O)CCCCO)CC1. The van der Waals surface area contributed by atoms with Crippen LogP contribution in [0.25, 0.3) is 0 Å². The van der Waals surface area contributed by atoms with Crippen LogP contribution in [-0.2, 0) is 10.0 Å². The zero-order valence-corrected chi connectivity index (χ0v) is 10.7. The summed E-state index contributed by atoms with van der Waals surface area (Å²) in [5, 5.41) is 8.55. The summed E-state index contributed by atoms with van der Waals surface area (Å²) in [6.45, 7) is 0.611. The van der Waals surface area contributed by atoms with Crippen molar-refractivity contribution in [3.8, 4) is 0 Å². The van der Waals surface area contributed by atoms with Crippen LogP contribution in [-0.4, -0.2) is 43.4 Å². The number of hydrogen-bond acceptors (Lipinski definition) is 4. The van der Waals surface area contributed by atoms with Gasteiger partial charge in [-0.05, 0) is 31.9 Å². The van der Waals surface area contributed by atoms with Gasteiger partial charge in [0.15, 0.2) is 0 Å². The molecule has 4 nitrogen and oxygen atoms in total. The van der Waals surface area contributed by atoms with Gasteiger partial charge in [0.05, 0.1) is 5.75 Å². The first-order chi connectivity index (χ1) is 7.04. The fraction of sp³-hybridized carbons (Fsp3) is 1.00. The third-order valence-corrected chi connectivity index (χ3v) is 5.51. The number of nitrogens with one attached hydrogen (secondary N) is 1. The molecule has 1 rings (SSSR count). The van der Waals surface area contributed by atoms with Crippen molar-refractivity contribution in [1.29, 1.82) is 0 Å². The van der Waals surface area contributed by atoms with Gasteiger partial charge in [-0.2, -0.15) is 11.8 Å². The van der Waals surface area contributed by atoms with Crippen LogP contribution in [0.3, 0.4) is 0 Å². The molecule has 0 heterocycles. The molecule has 1 aliphatic rings. The molecule has 1 aliphatic carbocycles. The molecule has 0 atom stereocenters. The molecule has 0 amide bonds. The first-order valence-electron chi connectivity index (χ1n) is 5.17. The van der Waals surface area contributed by atoms with Gasteiger partial charge in [-0.1, -0.05) is 0 Å². The van der Waals surface area contributed by atoms with Gasteiger partial charge in [-0.15, -0.1) is 0 Å². The maximum Gasteiger partial charge on any atom is 0.211 e. The zero-order chi connectivity index (χ0) is 11.4. The molecule has 0 unspecified atom stereocenters. The zero-order valence-electron chi connectivity index (χ0n) is 9.03. The Morgan fingerprint density at radius 2 is 2.07 bits per heavy atom. The van der Waals surface area contributed by atoms with E-state index in [-0.39, 0.29) is 17.1 Å². The number of unbranched alkanes of at least 4 members (excludes halogenated alkanes) is 1. The summed E-state index contributed by atoms with van der Waals surface area (Å²) in [6, 6.07) is 0. The molecule has 0 aliphatic heterocycles. The molecule has 1 saturated carbocycles. The van der Waals surface area contributed by atoms with Crippen molar-refractivity contribution in [1.82, 2.24) is 4.72 Å². The minimum Gasteiger partial charge on any atom is -0.396 e. The number of aliphatic hydroxyl groups is 1. The molecule has 0 saturated heterocycles. The minimum atomic E-state index is -3.13. The maximum absolute atomic E-state index is 11.5. The van der Waals surface area contributed by atoms with Gasteiger partial charge >= 0.3 is 0 Å². The third-order valence-electron chi connectivity index (χ3n) is 2.68. The van der Waals surface area contributed by atoms with E-state index in [9.17, 15) is 8.42 Å². The van der Waals surface area contributed by atoms with Gasteiger partial charge in [-0.3, -0.25) is 0 Å². The van der Waals surface area contributed by atoms with Crippen molar-refractivity contribution in [2.45, 2.75) is 30.4 Å². The molecule has 90 valence electrons. The van der Waals surface area contributed by atoms with E-state index < -0.39 is 10.0 Å². The number of sulfonamides is 1. The third kappa shape index (κ3) is 4.72. The average molecular weight is 253 g/mol. The second-order valence-electron chi connectivity index (χ2n) is 3.96. The van der Waals surface area contributed by atoms with Crippen LogP contribution in [0.1, 0.15) is 25.7 Å². The Bertz CT molecular complexity index is 286. The van der Waals surface area contributed by atoms with Crippen molar-refractivity contribution in [2.24, 2.45) is 0 Å². The predicted molar refractivity (Wildman–Crippen MR) is 63.6 cm³/mol. The van der Waals surface area contributed by atoms with Crippen molar-refractivity contribution >= 4 is 21.8 Å². The first-order valence-corrected chi connectivity index (χ1v) is 8.05. The van der Waals surface area contributed by atoms with Crippen LogP contribution in [0.15, 0.2) is 0 Å². The smallest absolute Gasteiger partial charge is 0.211 e. The summed E-state index contributed by atoms with van der Waals surface area (Å²) in [5.41, 5.74) is 0. The lowest BCUT2D eigenvalue weighted by molar-refractivity contribution is 0.287. The van der Waals surface area contributed by atoms with Gasteiger partial charge < -0.3 is 5.11 Å². The number of aliphatic hydroxyl groups excluding tert-OH is 1. The summed E-state index contributed by atoms with van der Waals surface area (Å²) in [6.07, 6.45) is 5.31. The molecule has 2 N–H and O–H groups in total. The van der Waals surface area contributed by atoms with Gasteiger partial charge in [0, 0.05) is 17.9 Å². The first kappa shape index (κ1) is 13.3. The second kappa shape index (κ2) is 5.52. The summed E-state index contributed by atoms with van der Waals surface area (Å²) in [5.74, 6) is 0.123. The van der Waals surface area contributed by atoms with E-state index in [0.717, 1.165) is 12.8 Å². The maximum atomic E-state index is 11.5. The molecule has 0 aromatic rings. The molecular formula is C9H19NO3S2. The van der Waals surface area contributed by atoms with Crippen LogP contribution >= 0.6 is 11.8 Å². The highest BCUT2D eigenvalue weighted by Gasteiger charge is 2.42. The standard InChI is InChI=1S/C9H19NO3S2/c1-14-9(4-5-9)8-10-15(12,13)7-3-2-6-11/h10-11H,2-8H2,1H3. The lowest BCUT2D eigenvalue weighted by Crippen LogP contribution is -2.33. The second-order valence-corrected chi connectivity index (χ2v) is 7.16. The van der Waals surface area contributed by atoms with E-state index in [4.69, 9.17) is 5.11 Å². The molecule has 6 heteroatoms. The molecule has 0 radical (unpaired) electrons. The average Bonchev–Trinajstić information content (AvgIpc) is 2.96. The van der Waals surface area contributed by atoms with Gasteiger partial charge in [0.2, 0.25) is 10.0 Å². The molecule has 15 heavy (non-hydrogen) atoms. The van der Waals surface area contributed by atoms with E-state index in [1.54, 1.807) is 11.8 Å². The predicted octanol–water partition coefficient (Wildman–Crippen LogP) is 0.574.